The molecule has 1 aromatic rings. The molecule has 0 aliphatic heterocycles. The molecule has 0 saturated heterocycles. The summed E-state index contributed by atoms with van der Waals surface area (Å²) in [6, 6.07) is 1.50. The van der Waals surface area contributed by atoms with Crippen molar-refractivity contribution in [3.63, 3.8) is 0 Å². The highest BCUT2D eigenvalue weighted by atomic mass is 16.6. The minimum absolute atomic E-state index is 0.237. The van der Waals surface area contributed by atoms with Crippen molar-refractivity contribution >= 4 is 11.8 Å². The third-order valence-electron chi connectivity index (χ3n) is 2.18. The molecule has 5 nitrogen and oxygen atoms in total. The Hall–Kier alpha value is -1.78. The smallest absolute Gasteiger partial charge is 0.317 e. The summed E-state index contributed by atoms with van der Waals surface area (Å²) in [7, 11) is 0. The van der Waals surface area contributed by atoms with Crippen molar-refractivity contribution in [2.75, 3.05) is 0 Å². The topological polar surface area (TPSA) is 69.2 Å². The minimum Gasteiger partial charge on any atom is -0.459 e. The molecule has 0 amide bonds. The van der Waals surface area contributed by atoms with Gasteiger partial charge in [0.2, 0.25) is 0 Å². The fourth-order valence-corrected chi connectivity index (χ4v) is 1.31. The van der Waals surface area contributed by atoms with Gasteiger partial charge in [-0.3, -0.25) is 9.59 Å². The van der Waals surface area contributed by atoms with Gasteiger partial charge in [0, 0.05) is 6.20 Å². The molecule has 1 unspecified atom stereocenters. The maximum atomic E-state index is 12.0. The molecular weight excluding hydrogens is 232 g/mol. The van der Waals surface area contributed by atoms with E-state index in [1.165, 1.54) is 19.2 Å². The zero-order valence-corrected chi connectivity index (χ0v) is 11.4. The summed E-state index contributed by atoms with van der Waals surface area (Å²) in [6.45, 7) is 8.49. The average molecular weight is 250 g/mol. The monoisotopic (exact) mass is 250 g/mol. The number of carbonyl (C=O) groups is 2. The van der Waals surface area contributed by atoms with Gasteiger partial charge in [-0.15, -0.1) is 0 Å². The average Bonchev–Trinajstić information content (AvgIpc) is 2.24. The van der Waals surface area contributed by atoms with Crippen LogP contribution in [-0.2, 0) is 9.53 Å². The predicted octanol–water partition coefficient (Wildman–Crippen LogP) is 1.95. The van der Waals surface area contributed by atoms with Crippen LogP contribution in [-0.4, -0.2) is 27.3 Å². The Morgan fingerprint density at radius 2 is 1.94 bits per heavy atom. The van der Waals surface area contributed by atoms with Gasteiger partial charge in [0.25, 0.3) is 0 Å². The molecule has 0 saturated carbocycles. The Morgan fingerprint density at radius 3 is 2.44 bits per heavy atom. The number of rotatable bonds is 3. The van der Waals surface area contributed by atoms with Crippen LogP contribution >= 0.6 is 0 Å². The molecule has 0 bridgehead atoms. The number of nitrogens with zero attached hydrogens (tertiary/aromatic N) is 2. The summed E-state index contributed by atoms with van der Waals surface area (Å²) in [5.74, 6) is -1.26. The fraction of sp³-hybridized carbons (Fsp3) is 0.538. The van der Waals surface area contributed by atoms with E-state index in [4.69, 9.17) is 4.74 Å². The first-order valence-corrected chi connectivity index (χ1v) is 5.77. The summed E-state index contributed by atoms with van der Waals surface area (Å²) < 4.78 is 5.17. The number of ether oxygens (including phenoxy) is 1. The molecule has 1 aromatic heterocycles. The molecule has 0 aliphatic rings. The molecule has 0 aliphatic carbocycles. The number of aromatic nitrogens is 2. The molecule has 0 spiro atoms. The molecule has 0 aromatic carbocycles. The number of ketones is 1. The normalized spacial score (nSPS) is 12.9. The van der Waals surface area contributed by atoms with Crippen molar-refractivity contribution in [1.29, 1.82) is 0 Å². The van der Waals surface area contributed by atoms with E-state index in [1.54, 1.807) is 27.7 Å². The maximum Gasteiger partial charge on any atom is 0.317 e. The van der Waals surface area contributed by atoms with Crippen molar-refractivity contribution in [1.82, 2.24) is 9.97 Å². The largest absolute Gasteiger partial charge is 0.459 e. The summed E-state index contributed by atoms with van der Waals surface area (Å²) in [5.41, 5.74) is -0.367. The Balaban J connectivity index is 2.81. The van der Waals surface area contributed by atoms with E-state index in [2.05, 4.69) is 9.97 Å². The third kappa shape index (κ3) is 3.91. The second-order valence-electron chi connectivity index (χ2n) is 5.11. The Labute approximate surface area is 107 Å². The van der Waals surface area contributed by atoms with Crippen LogP contribution < -0.4 is 0 Å². The van der Waals surface area contributed by atoms with Crippen LogP contribution in [0.2, 0.25) is 0 Å². The second kappa shape index (κ2) is 5.25. The lowest BCUT2D eigenvalue weighted by Gasteiger charge is -2.21. The molecule has 1 atom stereocenters. The van der Waals surface area contributed by atoms with E-state index >= 15 is 0 Å². The second-order valence-corrected chi connectivity index (χ2v) is 5.11. The van der Waals surface area contributed by atoms with Crippen molar-refractivity contribution in [3.05, 3.63) is 23.8 Å². The van der Waals surface area contributed by atoms with Gasteiger partial charge in [-0.05, 0) is 40.7 Å². The van der Waals surface area contributed by atoms with Crippen molar-refractivity contribution in [2.45, 2.75) is 40.2 Å². The molecule has 5 heteroatoms. The van der Waals surface area contributed by atoms with E-state index in [0.717, 1.165) is 0 Å². The predicted molar refractivity (Wildman–Crippen MR) is 66.1 cm³/mol. The molecule has 0 radical (unpaired) electrons. The number of aryl methyl sites for hydroxylation is 1. The third-order valence-corrected chi connectivity index (χ3v) is 2.18. The van der Waals surface area contributed by atoms with Crippen LogP contribution in [0.15, 0.2) is 12.3 Å². The van der Waals surface area contributed by atoms with Gasteiger partial charge in [0.1, 0.15) is 23.0 Å². The highest BCUT2D eigenvalue weighted by Gasteiger charge is 2.28. The SMILES string of the molecule is Cc1nccc(C(=O)C(C)C(=O)OC(C)(C)C)n1. The first kappa shape index (κ1) is 14.3. The van der Waals surface area contributed by atoms with E-state index in [0.29, 0.717) is 5.82 Å². The standard InChI is InChI=1S/C13H18N2O3/c1-8(12(17)18-13(3,4)5)11(16)10-6-7-14-9(2)15-10/h6-8H,1-5H3. The number of Topliss-reactive ketones (excluding diaryl/α,β-unsaturated/α-hetero) is 1. The number of hydrogen-bond donors (Lipinski definition) is 0. The quantitative estimate of drug-likeness (QED) is 0.466. The Kier molecular flexibility index (Phi) is 4.16. The van der Waals surface area contributed by atoms with Gasteiger partial charge in [0.15, 0.2) is 5.78 Å². The zero-order chi connectivity index (χ0) is 13.9. The molecule has 0 N–H and O–H groups in total. The van der Waals surface area contributed by atoms with Crippen molar-refractivity contribution in [2.24, 2.45) is 5.92 Å². The first-order valence-electron chi connectivity index (χ1n) is 5.77. The number of esters is 1. The highest BCUT2D eigenvalue weighted by molar-refractivity contribution is 6.07. The van der Waals surface area contributed by atoms with Crippen molar-refractivity contribution in [3.8, 4) is 0 Å². The zero-order valence-electron chi connectivity index (χ0n) is 11.4. The molecule has 18 heavy (non-hydrogen) atoms. The van der Waals surface area contributed by atoms with Gasteiger partial charge in [-0.2, -0.15) is 0 Å². The van der Waals surface area contributed by atoms with Crippen LogP contribution in [0.5, 0.6) is 0 Å². The fourth-order valence-electron chi connectivity index (χ4n) is 1.31. The number of hydrogen-bond acceptors (Lipinski definition) is 5. The van der Waals surface area contributed by atoms with Crippen LogP contribution in [0.1, 0.15) is 44.0 Å². The Morgan fingerprint density at radius 1 is 1.33 bits per heavy atom. The lowest BCUT2D eigenvalue weighted by Crippen LogP contribution is -2.31. The minimum atomic E-state index is -0.862. The van der Waals surface area contributed by atoms with Gasteiger partial charge < -0.3 is 4.74 Å². The Bertz CT molecular complexity index is 464. The highest BCUT2D eigenvalue weighted by Crippen LogP contribution is 2.14. The van der Waals surface area contributed by atoms with E-state index < -0.39 is 17.5 Å². The van der Waals surface area contributed by atoms with Gasteiger partial charge in [0.05, 0.1) is 0 Å². The lowest BCUT2D eigenvalue weighted by molar-refractivity contribution is -0.157. The van der Waals surface area contributed by atoms with Gasteiger partial charge >= 0.3 is 5.97 Å². The summed E-state index contributed by atoms with van der Waals surface area (Å²) >= 11 is 0. The van der Waals surface area contributed by atoms with Crippen LogP contribution in [0.4, 0.5) is 0 Å². The van der Waals surface area contributed by atoms with E-state index in [-0.39, 0.29) is 11.5 Å². The van der Waals surface area contributed by atoms with E-state index in [1.807, 2.05) is 0 Å². The summed E-state index contributed by atoms with van der Waals surface area (Å²) in [4.78, 5) is 31.7. The van der Waals surface area contributed by atoms with Crippen LogP contribution in [0.3, 0.4) is 0 Å². The van der Waals surface area contributed by atoms with E-state index in [9.17, 15) is 9.59 Å². The van der Waals surface area contributed by atoms with Crippen LogP contribution in [0, 0.1) is 12.8 Å². The first-order chi connectivity index (χ1) is 8.20. The molecule has 0 fully saturated rings. The maximum absolute atomic E-state index is 12.0. The van der Waals surface area contributed by atoms with Gasteiger partial charge in [-0.1, -0.05) is 0 Å². The van der Waals surface area contributed by atoms with Crippen LogP contribution in [0.25, 0.3) is 0 Å². The summed E-state index contributed by atoms with van der Waals surface area (Å²) in [6.07, 6.45) is 1.50. The molecular formula is C13H18N2O3. The molecule has 1 heterocycles. The lowest BCUT2D eigenvalue weighted by atomic mass is 10.0. The number of carbonyl (C=O) groups excluding carboxylic acids is 2. The van der Waals surface area contributed by atoms with Crippen molar-refractivity contribution < 1.29 is 14.3 Å². The van der Waals surface area contributed by atoms with Gasteiger partial charge in [-0.25, -0.2) is 9.97 Å². The summed E-state index contributed by atoms with van der Waals surface area (Å²) in [5, 5.41) is 0. The molecule has 1 rings (SSSR count). The molecule has 98 valence electrons.